The van der Waals surface area contributed by atoms with E-state index in [9.17, 15) is 19.5 Å². The van der Waals surface area contributed by atoms with Crippen LogP contribution in [0.1, 0.15) is 57.6 Å². The van der Waals surface area contributed by atoms with Crippen LogP contribution in [0.5, 0.6) is 0 Å². The summed E-state index contributed by atoms with van der Waals surface area (Å²) in [6, 6.07) is 14.7. The normalized spacial score (nSPS) is 14.5. The van der Waals surface area contributed by atoms with Gasteiger partial charge in [-0.2, -0.15) is 0 Å². The van der Waals surface area contributed by atoms with Gasteiger partial charge in [-0.15, -0.1) is 0 Å². The van der Waals surface area contributed by atoms with Crippen LogP contribution in [0, 0.1) is 5.41 Å². The number of amides is 2. The highest BCUT2D eigenvalue weighted by atomic mass is 16.5. The molecule has 0 aliphatic heterocycles. The number of alkyl carbamates (subject to hydrolysis) is 1. The quantitative estimate of drug-likeness (QED) is 0.554. The van der Waals surface area contributed by atoms with Gasteiger partial charge >= 0.3 is 12.1 Å². The van der Waals surface area contributed by atoms with Crippen LogP contribution in [-0.4, -0.2) is 41.8 Å². The standard InChI is InChI=1S/C26H32N2O5/c1-16(13-23(29)28-22(24(30)31)14-26(2,3)4)27-25(32)33-15-21-19-11-7-5-9-17(19)18-10-6-8-12-20(18)21/h5-12,16,21-22H,13-15H2,1-4H3,(H,27,32)(H,28,29)(H,30,31)/t16-,22?/m0/s1. The fourth-order valence-electron chi connectivity index (χ4n) is 4.24. The minimum absolute atomic E-state index is 0.0435. The summed E-state index contributed by atoms with van der Waals surface area (Å²) >= 11 is 0. The molecule has 2 atom stereocenters. The van der Waals surface area contributed by atoms with Crippen molar-refractivity contribution in [2.24, 2.45) is 5.41 Å². The second-order valence-electron chi connectivity index (χ2n) is 9.80. The van der Waals surface area contributed by atoms with E-state index in [0.717, 1.165) is 22.3 Å². The molecule has 3 N–H and O–H groups in total. The Labute approximate surface area is 194 Å². The minimum Gasteiger partial charge on any atom is -0.480 e. The highest BCUT2D eigenvalue weighted by Crippen LogP contribution is 2.44. The maximum atomic E-state index is 12.4. The summed E-state index contributed by atoms with van der Waals surface area (Å²) in [5, 5.41) is 14.6. The third kappa shape index (κ3) is 6.34. The zero-order chi connectivity index (χ0) is 24.2. The molecule has 7 nitrogen and oxygen atoms in total. The largest absolute Gasteiger partial charge is 0.480 e. The number of carboxylic acids is 1. The van der Waals surface area contributed by atoms with Gasteiger partial charge < -0.3 is 20.5 Å². The number of benzene rings is 2. The van der Waals surface area contributed by atoms with Crippen LogP contribution in [0.2, 0.25) is 0 Å². The van der Waals surface area contributed by atoms with Gasteiger partial charge in [0.15, 0.2) is 0 Å². The van der Waals surface area contributed by atoms with Gasteiger partial charge in [0.25, 0.3) is 0 Å². The van der Waals surface area contributed by atoms with Crippen molar-refractivity contribution in [2.45, 2.75) is 58.5 Å². The lowest BCUT2D eigenvalue weighted by Gasteiger charge is -2.24. The van der Waals surface area contributed by atoms with E-state index in [0.29, 0.717) is 6.42 Å². The first-order chi connectivity index (χ1) is 15.5. The van der Waals surface area contributed by atoms with E-state index in [1.54, 1.807) is 6.92 Å². The zero-order valence-electron chi connectivity index (χ0n) is 19.6. The number of carboxylic acid groups (broad SMARTS) is 1. The molecule has 3 rings (SSSR count). The Morgan fingerprint density at radius 3 is 2.03 bits per heavy atom. The summed E-state index contributed by atoms with van der Waals surface area (Å²) in [6.07, 6.45) is -0.345. The molecular formula is C26H32N2O5. The lowest BCUT2D eigenvalue weighted by molar-refractivity contribution is -0.142. The molecule has 0 saturated carbocycles. The van der Waals surface area contributed by atoms with E-state index in [1.807, 2.05) is 57.2 Å². The summed E-state index contributed by atoms with van der Waals surface area (Å²) in [5.74, 6) is -1.55. The molecule has 0 saturated heterocycles. The number of aliphatic carboxylic acids is 1. The molecule has 0 spiro atoms. The molecule has 2 aromatic carbocycles. The number of carbonyl (C=O) groups is 3. The van der Waals surface area contributed by atoms with E-state index in [1.165, 1.54) is 0 Å². The molecular weight excluding hydrogens is 420 g/mol. The van der Waals surface area contributed by atoms with Crippen LogP contribution in [-0.2, 0) is 14.3 Å². The van der Waals surface area contributed by atoms with E-state index < -0.39 is 30.1 Å². The highest BCUT2D eigenvalue weighted by molar-refractivity contribution is 5.84. The summed E-state index contributed by atoms with van der Waals surface area (Å²) < 4.78 is 5.50. The lowest BCUT2D eigenvalue weighted by atomic mass is 9.88. The summed E-state index contributed by atoms with van der Waals surface area (Å²) in [5.41, 5.74) is 4.29. The van der Waals surface area contributed by atoms with Crippen molar-refractivity contribution in [1.29, 1.82) is 0 Å². The number of fused-ring (bicyclic) bond motifs is 3. The third-order valence-electron chi connectivity index (χ3n) is 5.65. The van der Waals surface area contributed by atoms with Crippen molar-refractivity contribution in [3.05, 3.63) is 59.7 Å². The van der Waals surface area contributed by atoms with Crippen molar-refractivity contribution in [2.75, 3.05) is 6.61 Å². The van der Waals surface area contributed by atoms with E-state index in [2.05, 4.69) is 22.8 Å². The first kappa shape index (κ1) is 24.3. The van der Waals surface area contributed by atoms with Gasteiger partial charge in [0.2, 0.25) is 5.91 Å². The Kier molecular flexibility index (Phi) is 7.41. The van der Waals surface area contributed by atoms with Crippen LogP contribution in [0.25, 0.3) is 11.1 Å². The van der Waals surface area contributed by atoms with Crippen molar-refractivity contribution < 1.29 is 24.2 Å². The smallest absolute Gasteiger partial charge is 0.407 e. The van der Waals surface area contributed by atoms with Gasteiger partial charge in [0, 0.05) is 18.4 Å². The molecule has 176 valence electrons. The molecule has 7 heteroatoms. The topological polar surface area (TPSA) is 105 Å². The van der Waals surface area contributed by atoms with Gasteiger partial charge in [-0.3, -0.25) is 4.79 Å². The highest BCUT2D eigenvalue weighted by Gasteiger charge is 2.30. The molecule has 0 aromatic heterocycles. The van der Waals surface area contributed by atoms with Crippen molar-refractivity contribution in [1.82, 2.24) is 10.6 Å². The van der Waals surface area contributed by atoms with Crippen LogP contribution < -0.4 is 10.6 Å². The first-order valence-electron chi connectivity index (χ1n) is 11.2. The molecule has 1 aliphatic carbocycles. The second kappa shape index (κ2) is 10.1. The molecule has 2 amide bonds. The number of ether oxygens (including phenoxy) is 1. The Balaban J connectivity index is 1.52. The molecule has 1 unspecified atom stereocenters. The second-order valence-corrected chi connectivity index (χ2v) is 9.80. The predicted molar refractivity (Wildman–Crippen MR) is 126 cm³/mol. The summed E-state index contributed by atoms with van der Waals surface area (Å²) in [4.78, 5) is 36.1. The monoisotopic (exact) mass is 452 g/mol. The SMILES string of the molecule is C[C@@H](CC(=O)NC(CC(C)(C)C)C(=O)O)NC(=O)OCC1c2ccccc2-c2ccccc21. The van der Waals surface area contributed by atoms with Gasteiger partial charge in [-0.1, -0.05) is 69.3 Å². The average Bonchev–Trinajstić information content (AvgIpc) is 3.04. The fourth-order valence-corrected chi connectivity index (χ4v) is 4.24. The van der Waals surface area contributed by atoms with E-state index in [-0.39, 0.29) is 24.4 Å². The van der Waals surface area contributed by atoms with Gasteiger partial charge in [-0.25, -0.2) is 9.59 Å². The van der Waals surface area contributed by atoms with Crippen molar-refractivity contribution in [3.8, 4) is 11.1 Å². The van der Waals surface area contributed by atoms with Crippen LogP contribution in [0.15, 0.2) is 48.5 Å². The fraction of sp³-hybridized carbons (Fsp3) is 0.423. The molecule has 0 fully saturated rings. The number of carbonyl (C=O) groups excluding carboxylic acids is 2. The Morgan fingerprint density at radius 1 is 0.970 bits per heavy atom. The first-order valence-corrected chi connectivity index (χ1v) is 11.2. The molecule has 33 heavy (non-hydrogen) atoms. The van der Waals surface area contributed by atoms with E-state index in [4.69, 9.17) is 4.74 Å². The van der Waals surface area contributed by atoms with Gasteiger partial charge in [0.1, 0.15) is 12.6 Å². The third-order valence-corrected chi connectivity index (χ3v) is 5.65. The molecule has 0 heterocycles. The number of hydrogen-bond acceptors (Lipinski definition) is 4. The van der Waals surface area contributed by atoms with Crippen LogP contribution in [0.4, 0.5) is 4.79 Å². The maximum absolute atomic E-state index is 12.4. The lowest BCUT2D eigenvalue weighted by Crippen LogP contribution is -2.45. The Morgan fingerprint density at radius 2 is 1.52 bits per heavy atom. The molecule has 0 radical (unpaired) electrons. The Hall–Kier alpha value is -3.35. The summed E-state index contributed by atoms with van der Waals surface area (Å²) in [7, 11) is 0. The van der Waals surface area contributed by atoms with Crippen molar-refractivity contribution in [3.63, 3.8) is 0 Å². The van der Waals surface area contributed by atoms with Crippen molar-refractivity contribution >= 4 is 18.0 Å². The zero-order valence-corrected chi connectivity index (χ0v) is 19.6. The average molecular weight is 453 g/mol. The number of hydrogen-bond donors (Lipinski definition) is 3. The van der Waals surface area contributed by atoms with Gasteiger partial charge in [0.05, 0.1) is 0 Å². The predicted octanol–water partition coefficient (Wildman–Crippen LogP) is 4.31. The van der Waals surface area contributed by atoms with Gasteiger partial charge in [-0.05, 0) is 41.0 Å². The molecule has 0 bridgehead atoms. The molecule has 1 aliphatic rings. The summed E-state index contributed by atoms with van der Waals surface area (Å²) in [6.45, 7) is 7.61. The van der Waals surface area contributed by atoms with Crippen LogP contribution >= 0.6 is 0 Å². The molecule has 2 aromatic rings. The Bertz CT molecular complexity index is 982. The van der Waals surface area contributed by atoms with E-state index >= 15 is 0 Å². The number of rotatable bonds is 8. The number of nitrogens with one attached hydrogen (secondary N) is 2. The minimum atomic E-state index is -1.07. The van der Waals surface area contributed by atoms with Crippen LogP contribution in [0.3, 0.4) is 0 Å². The maximum Gasteiger partial charge on any atom is 0.407 e.